The second-order valence-corrected chi connectivity index (χ2v) is 3.47. The Hall–Kier alpha value is -1.06. The molecule has 76 valence electrons. The topological polar surface area (TPSA) is 63.6 Å². The van der Waals surface area contributed by atoms with Crippen molar-refractivity contribution in [1.29, 1.82) is 0 Å². The quantitative estimate of drug-likeness (QED) is 0.660. The molecule has 0 saturated heterocycles. The van der Waals surface area contributed by atoms with Crippen molar-refractivity contribution in [2.75, 3.05) is 6.61 Å². The van der Waals surface area contributed by atoms with Crippen LogP contribution in [0.25, 0.3) is 0 Å². The number of carboxylic acids is 1. The Kier molecular flexibility index (Phi) is 5.11. The van der Waals surface area contributed by atoms with E-state index in [0.29, 0.717) is 6.42 Å². The van der Waals surface area contributed by atoms with Crippen molar-refractivity contribution in [3.05, 3.63) is 0 Å². The predicted octanol–water partition coefficient (Wildman–Crippen LogP) is 1.30. The lowest BCUT2D eigenvalue weighted by Gasteiger charge is -2.13. The van der Waals surface area contributed by atoms with Gasteiger partial charge in [-0.15, -0.1) is 0 Å². The summed E-state index contributed by atoms with van der Waals surface area (Å²) in [7, 11) is 0. The maximum atomic E-state index is 10.7. The number of hydrogen-bond acceptors (Lipinski definition) is 3. The number of hydrogen-bond donors (Lipinski definition) is 1. The van der Waals surface area contributed by atoms with E-state index in [1.807, 2.05) is 13.8 Å². The summed E-state index contributed by atoms with van der Waals surface area (Å²) in [5, 5.41) is 8.74. The van der Waals surface area contributed by atoms with Crippen LogP contribution in [0.5, 0.6) is 0 Å². The van der Waals surface area contributed by atoms with Gasteiger partial charge in [-0.2, -0.15) is 0 Å². The third kappa shape index (κ3) is 6.13. The fourth-order valence-electron chi connectivity index (χ4n) is 1.03. The maximum absolute atomic E-state index is 10.7. The summed E-state index contributed by atoms with van der Waals surface area (Å²) in [5.41, 5.74) is 0. The summed E-state index contributed by atoms with van der Waals surface area (Å²) in [5.74, 6) is -1.63. The van der Waals surface area contributed by atoms with Gasteiger partial charge in [0.05, 0.1) is 5.92 Å². The third-order valence-corrected chi connectivity index (χ3v) is 1.59. The first-order valence-electron chi connectivity index (χ1n) is 4.29. The molecule has 4 heteroatoms. The van der Waals surface area contributed by atoms with E-state index in [9.17, 15) is 9.59 Å². The number of ether oxygens (including phenoxy) is 1. The third-order valence-electron chi connectivity index (χ3n) is 1.59. The van der Waals surface area contributed by atoms with Crippen molar-refractivity contribution in [1.82, 2.24) is 0 Å². The minimum absolute atomic E-state index is 0.0250. The van der Waals surface area contributed by atoms with Crippen LogP contribution in [0, 0.1) is 11.8 Å². The molecule has 0 radical (unpaired) electrons. The minimum Gasteiger partial charge on any atom is -0.481 e. The van der Waals surface area contributed by atoms with E-state index in [1.165, 1.54) is 6.92 Å². The Morgan fingerprint density at radius 1 is 1.38 bits per heavy atom. The van der Waals surface area contributed by atoms with Crippen molar-refractivity contribution in [3.63, 3.8) is 0 Å². The van der Waals surface area contributed by atoms with Gasteiger partial charge in [0, 0.05) is 6.92 Å². The van der Waals surface area contributed by atoms with Crippen LogP contribution in [0.3, 0.4) is 0 Å². The number of esters is 1. The van der Waals surface area contributed by atoms with Gasteiger partial charge in [0.1, 0.15) is 6.61 Å². The van der Waals surface area contributed by atoms with Crippen LogP contribution >= 0.6 is 0 Å². The second kappa shape index (κ2) is 5.56. The molecule has 0 fully saturated rings. The molecule has 0 aliphatic heterocycles. The first-order valence-corrected chi connectivity index (χ1v) is 4.29. The SMILES string of the molecule is CC(=O)OCC(CC(C)C)C(=O)O. The van der Waals surface area contributed by atoms with E-state index in [0.717, 1.165) is 0 Å². The van der Waals surface area contributed by atoms with Gasteiger partial charge in [-0.05, 0) is 12.3 Å². The Labute approximate surface area is 77.9 Å². The molecule has 0 aromatic rings. The highest BCUT2D eigenvalue weighted by Crippen LogP contribution is 2.12. The van der Waals surface area contributed by atoms with Crippen molar-refractivity contribution in [3.8, 4) is 0 Å². The fourth-order valence-corrected chi connectivity index (χ4v) is 1.03. The number of aliphatic carboxylic acids is 1. The smallest absolute Gasteiger partial charge is 0.309 e. The van der Waals surface area contributed by atoms with Crippen LogP contribution in [0.2, 0.25) is 0 Å². The number of carbonyl (C=O) groups is 2. The van der Waals surface area contributed by atoms with E-state index >= 15 is 0 Å². The largest absolute Gasteiger partial charge is 0.481 e. The summed E-state index contributed by atoms with van der Waals surface area (Å²) in [6.07, 6.45) is 0.530. The molecule has 0 aliphatic carbocycles. The molecule has 0 saturated carbocycles. The summed E-state index contributed by atoms with van der Waals surface area (Å²) in [6, 6.07) is 0. The number of carboxylic acid groups (broad SMARTS) is 1. The van der Waals surface area contributed by atoms with Crippen molar-refractivity contribution >= 4 is 11.9 Å². The standard InChI is InChI=1S/C9H16O4/c1-6(2)4-8(9(11)12)5-13-7(3)10/h6,8H,4-5H2,1-3H3,(H,11,12). The monoisotopic (exact) mass is 188 g/mol. The Morgan fingerprint density at radius 2 is 1.92 bits per heavy atom. The van der Waals surface area contributed by atoms with Gasteiger partial charge in [0.15, 0.2) is 0 Å². The molecule has 0 heterocycles. The van der Waals surface area contributed by atoms with Crippen LogP contribution in [0.1, 0.15) is 27.2 Å². The summed E-state index contributed by atoms with van der Waals surface area (Å²) < 4.78 is 4.65. The summed E-state index contributed by atoms with van der Waals surface area (Å²) in [4.78, 5) is 21.1. The van der Waals surface area contributed by atoms with Gasteiger partial charge in [-0.25, -0.2) is 0 Å². The van der Waals surface area contributed by atoms with E-state index in [2.05, 4.69) is 4.74 Å². The summed E-state index contributed by atoms with van der Waals surface area (Å²) in [6.45, 7) is 5.12. The fraction of sp³-hybridized carbons (Fsp3) is 0.778. The lowest BCUT2D eigenvalue weighted by molar-refractivity contribution is -0.150. The molecule has 0 rings (SSSR count). The Balaban J connectivity index is 3.95. The average molecular weight is 188 g/mol. The molecule has 0 bridgehead atoms. The Morgan fingerprint density at radius 3 is 2.23 bits per heavy atom. The van der Waals surface area contributed by atoms with E-state index in [4.69, 9.17) is 5.11 Å². The van der Waals surface area contributed by atoms with E-state index in [1.54, 1.807) is 0 Å². The molecule has 0 aromatic heterocycles. The van der Waals surface area contributed by atoms with Crippen LogP contribution < -0.4 is 0 Å². The molecular weight excluding hydrogens is 172 g/mol. The van der Waals surface area contributed by atoms with Gasteiger partial charge < -0.3 is 9.84 Å². The van der Waals surface area contributed by atoms with Gasteiger partial charge in [-0.1, -0.05) is 13.8 Å². The van der Waals surface area contributed by atoms with Gasteiger partial charge in [0.2, 0.25) is 0 Å². The van der Waals surface area contributed by atoms with Gasteiger partial charge >= 0.3 is 11.9 Å². The first kappa shape index (κ1) is 11.9. The zero-order valence-electron chi connectivity index (χ0n) is 8.24. The highest BCUT2D eigenvalue weighted by atomic mass is 16.5. The molecule has 0 aromatic carbocycles. The highest BCUT2D eigenvalue weighted by Gasteiger charge is 2.19. The van der Waals surface area contributed by atoms with Crippen molar-refractivity contribution in [2.24, 2.45) is 11.8 Å². The van der Waals surface area contributed by atoms with Crippen molar-refractivity contribution in [2.45, 2.75) is 27.2 Å². The number of rotatable bonds is 5. The molecule has 1 unspecified atom stereocenters. The van der Waals surface area contributed by atoms with Gasteiger partial charge in [0.25, 0.3) is 0 Å². The molecule has 0 amide bonds. The molecule has 1 N–H and O–H groups in total. The molecule has 0 aliphatic rings. The number of carbonyl (C=O) groups excluding carboxylic acids is 1. The minimum atomic E-state index is -0.907. The maximum Gasteiger partial charge on any atom is 0.309 e. The lowest BCUT2D eigenvalue weighted by Crippen LogP contribution is -2.22. The molecule has 0 spiro atoms. The van der Waals surface area contributed by atoms with Crippen LogP contribution in [-0.2, 0) is 14.3 Å². The molecule has 4 nitrogen and oxygen atoms in total. The zero-order valence-corrected chi connectivity index (χ0v) is 8.24. The average Bonchev–Trinajstić information content (AvgIpc) is 1.96. The van der Waals surface area contributed by atoms with Crippen LogP contribution in [0.15, 0.2) is 0 Å². The van der Waals surface area contributed by atoms with Crippen LogP contribution in [0.4, 0.5) is 0 Å². The zero-order chi connectivity index (χ0) is 10.4. The highest BCUT2D eigenvalue weighted by molar-refractivity contribution is 5.71. The van der Waals surface area contributed by atoms with E-state index in [-0.39, 0.29) is 12.5 Å². The first-order chi connectivity index (χ1) is 5.93. The Bertz CT molecular complexity index is 186. The summed E-state index contributed by atoms with van der Waals surface area (Å²) >= 11 is 0. The van der Waals surface area contributed by atoms with Gasteiger partial charge in [-0.3, -0.25) is 9.59 Å². The van der Waals surface area contributed by atoms with Crippen molar-refractivity contribution < 1.29 is 19.4 Å². The molecule has 1 atom stereocenters. The molecule has 13 heavy (non-hydrogen) atoms. The second-order valence-electron chi connectivity index (χ2n) is 3.47. The van der Waals surface area contributed by atoms with E-state index < -0.39 is 17.9 Å². The normalized spacial score (nSPS) is 12.6. The molecular formula is C9H16O4. The van der Waals surface area contributed by atoms with Crippen LogP contribution in [-0.4, -0.2) is 23.7 Å². The lowest BCUT2D eigenvalue weighted by atomic mass is 9.98. The predicted molar refractivity (Wildman–Crippen MR) is 47.2 cm³/mol.